The molecule has 8 nitrogen and oxygen atoms in total. The number of hydrogen-bond acceptors (Lipinski definition) is 6. The Kier molecular flexibility index (Phi) is 4.29. The number of aliphatic hydroxyl groups is 1. The molecule has 25 heavy (non-hydrogen) atoms. The monoisotopic (exact) mass is 362 g/mol. The first kappa shape index (κ1) is 17.1. The zero-order chi connectivity index (χ0) is 18.2. The summed E-state index contributed by atoms with van der Waals surface area (Å²) in [6.07, 6.45) is 1.08. The number of amides is 2. The highest BCUT2D eigenvalue weighted by Gasteiger charge is 2.31. The zero-order valence-corrected chi connectivity index (χ0v) is 13.7. The van der Waals surface area contributed by atoms with Crippen LogP contribution in [0.3, 0.4) is 0 Å². The van der Waals surface area contributed by atoms with E-state index in [1.807, 2.05) is 0 Å². The fourth-order valence-electron chi connectivity index (χ4n) is 2.68. The first-order chi connectivity index (χ1) is 11.8. The molecule has 1 heterocycles. The van der Waals surface area contributed by atoms with Gasteiger partial charge in [-0.05, 0) is 17.5 Å². The molecule has 0 fully saturated rings. The predicted octanol–water partition coefficient (Wildman–Crippen LogP) is 0.743. The summed E-state index contributed by atoms with van der Waals surface area (Å²) in [5.41, 5.74) is 0.208. The SMILES string of the molecule is O=C1C=C(Nc2cccc3cccc(S(=O)(=O)O)c23)C(=O)N1CCO. The number of benzene rings is 2. The lowest BCUT2D eigenvalue weighted by Gasteiger charge is -2.15. The Hall–Kier alpha value is -2.75. The molecule has 0 aliphatic carbocycles. The normalized spacial score (nSPS) is 15.0. The maximum Gasteiger partial charge on any atom is 0.295 e. The Labute approximate surface area is 143 Å². The fourth-order valence-corrected chi connectivity index (χ4v) is 3.42. The van der Waals surface area contributed by atoms with Gasteiger partial charge in [0.15, 0.2) is 0 Å². The van der Waals surface area contributed by atoms with Crippen LogP contribution in [-0.4, -0.2) is 47.9 Å². The molecule has 3 rings (SSSR count). The van der Waals surface area contributed by atoms with Crippen molar-refractivity contribution in [2.75, 3.05) is 18.5 Å². The largest absolute Gasteiger partial charge is 0.395 e. The molecule has 9 heteroatoms. The minimum atomic E-state index is -4.48. The number of rotatable bonds is 5. The molecule has 1 aliphatic heterocycles. The van der Waals surface area contributed by atoms with Crippen molar-refractivity contribution >= 4 is 38.4 Å². The van der Waals surface area contributed by atoms with Crippen LogP contribution in [0.4, 0.5) is 5.69 Å². The first-order valence-electron chi connectivity index (χ1n) is 7.27. The smallest absolute Gasteiger partial charge is 0.295 e. The van der Waals surface area contributed by atoms with Crippen molar-refractivity contribution in [3.8, 4) is 0 Å². The summed E-state index contributed by atoms with van der Waals surface area (Å²) in [6.45, 7) is -0.495. The summed E-state index contributed by atoms with van der Waals surface area (Å²) in [5.74, 6) is -1.20. The highest BCUT2D eigenvalue weighted by Crippen LogP contribution is 2.31. The molecule has 2 aromatic rings. The minimum Gasteiger partial charge on any atom is -0.395 e. The molecule has 0 saturated heterocycles. The van der Waals surface area contributed by atoms with Crippen LogP contribution in [0.1, 0.15) is 0 Å². The highest BCUT2D eigenvalue weighted by atomic mass is 32.2. The topological polar surface area (TPSA) is 124 Å². The van der Waals surface area contributed by atoms with Crippen LogP contribution >= 0.6 is 0 Å². The van der Waals surface area contributed by atoms with E-state index < -0.39 is 21.9 Å². The molecule has 0 atom stereocenters. The van der Waals surface area contributed by atoms with Crippen molar-refractivity contribution in [2.45, 2.75) is 4.90 Å². The van der Waals surface area contributed by atoms with Gasteiger partial charge in [0.1, 0.15) is 10.6 Å². The Morgan fingerprint density at radius 3 is 2.40 bits per heavy atom. The van der Waals surface area contributed by atoms with Gasteiger partial charge in [-0.1, -0.05) is 24.3 Å². The van der Waals surface area contributed by atoms with Crippen molar-refractivity contribution < 1.29 is 27.7 Å². The summed E-state index contributed by atoms with van der Waals surface area (Å²) >= 11 is 0. The molecule has 2 amide bonds. The van der Waals surface area contributed by atoms with E-state index in [0.29, 0.717) is 5.39 Å². The third-order valence-electron chi connectivity index (χ3n) is 3.75. The maximum atomic E-state index is 12.2. The van der Waals surface area contributed by atoms with Crippen molar-refractivity contribution in [2.24, 2.45) is 0 Å². The molecule has 1 aliphatic rings. The van der Waals surface area contributed by atoms with Crippen LogP contribution in [0, 0.1) is 0 Å². The van der Waals surface area contributed by atoms with Crippen LogP contribution in [0.5, 0.6) is 0 Å². The third-order valence-corrected chi connectivity index (χ3v) is 4.64. The van der Waals surface area contributed by atoms with E-state index in [1.165, 1.54) is 18.2 Å². The van der Waals surface area contributed by atoms with Crippen LogP contribution in [0.2, 0.25) is 0 Å². The highest BCUT2D eigenvalue weighted by molar-refractivity contribution is 7.86. The Morgan fingerprint density at radius 1 is 1.08 bits per heavy atom. The van der Waals surface area contributed by atoms with Crippen molar-refractivity contribution in [3.63, 3.8) is 0 Å². The molecule has 0 spiro atoms. The number of carbonyl (C=O) groups is 2. The number of hydrogen-bond donors (Lipinski definition) is 3. The van der Waals surface area contributed by atoms with Gasteiger partial charge < -0.3 is 10.4 Å². The second-order valence-electron chi connectivity index (χ2n) is 5.34. The van der Waals surface area contributed by atoms with Crippen LogP contribution in [0.25, 0.3) is 10.8 Å². The van der Waals surface area contributed by atoms with E-state index in [4.69, 9.17) is 5.11 Å². The lowest BCUT2D eigenvalue weighted by Crippen LogP contribution is -2.34. The van der Waals surface area contributed by atoms with Gasteiger partial charge in [-0.3, -0.25) is 19.0 Å². The molecule has 130 valence electrons. The second kappa shape index (κ2) is 6.28. The van der Waals surface area contributed by atoms with E-state index in [1.54, 1.807) is 18.2 Å². The van der Waals surface area contributed by atoms with E-state index in [-0.39, 0.29) is 34.8 Å². The molecule has 0 radical (unpaired) electrons. The number of carbonyl (C=O) groups excluding carboxylic acids is 2. The summed E-state index contributed by atoms with van der Waals surface area (Å²) in [4.78, 5) is 24.6. The van der Waals surface area contributed by atoms with Crippen LogP contribution in [-0.2, 0) is 19.7 Å². The van der Waals surface area contributed by atoms with Crippen molar-refractivity contribution in [1.82, 2.24) is 4.90 Å². The van der Waals surface area contributed by atoms with Gasteiger partial charge in [0.25, 0.3) is 21.9 Å². The van der Waals surface area contributed by atoms with Crippen molar-refractivity contribution in [3.05, 3.63) is 48.2 Å². The van der Waals surface area contributed by atoms with Gasteiger partial charge in [-0.2, -0.15) is 8.42 Å². The lowest BCUT2D eigenvalue weighted by atomic mass is 10.1. The molecule has 2 aromatic carbocycles. The maximum absolute atomic E-state index is 12.2. The number of imide groups is 1. The number of nitrogens with zero attached hydrogens (tertiary/aromatic N) is 1. The quantitative estimate of drug-likeness (QED) is 0.529. The summed E-state index contributed by atoms with van der Waals surface area (Å²) in [5, 5.41) is 12.4. The number of aliphatic hydroxyl groups excluding tert-OH is 1. The molecule has 0 saturated carbocycles. The van der Waals surface area contributed by atoms with E-state index in [0.717, 1.165) is 11.0 Å². The van der Waals surface area contributed by atoms with Crippen LogP contribution in [0.15, 0.2) is 53.1 Å². The molecule has 0 aromatic heterocycles. The third kappa shape index (κ3) is 3.12. The van der Waals surface area contributed by atoms with Gasteiger partial charge in [-0.25, -0.2) is 0 Å². The number of nitrogens with one attached hydrogen (secondary N) is 1. The molecule has 0 bridgehead atoms. The summed E-state index contributed by atoms with van der Waals surface area (Å²) in [6, 6.07) is 9.22. The van der Waals surface area contributed by atoms with Gasteiger partial charge in [0.2, 0.25) is 0 Å². The van der Waals surface area contributed by atoms with Gasteiger partial charge in [0.05, 0.1) is 13.2 Å². The number of anilines is 1. The zero-order valence-electron chi connectivity index (χ0n) is 12.8. The molecule has 0 unspecified atom stereocenters. The van der Waals surface area contributed by atoms with E-state index in [9.17, 15) is 22.6 Å². The Bertz CT molecular complexity index is 1010. The van der Waals surface area contributed by atoms with Gasteiger partial charge >= 0.3 is 0 Å². The molecule has 3 N–H and O–H groups in total. The number of fused-ring (bicyclic) bond motifs is 1. The number of β-amino-alcohol motifs (C(OH)–C–C–N with tert-alkyl or cyclic N) is 1. The summed E-state index contributed by atoms with van der Waals surface area (Å²) < 4.78 is 32.7. The van der Waals surface area contributed by atoms with Crippen molar-refractivity contribution in [1.29, 1.82) is 0 Å². The van der Waals surface area contributed by atoms with E-state index >= 15 is 0 Å². The average molecular weight is 362 g/mol. The molecular weight excluding hydrogens is 348 g/mol. The standard InChI is InChI=1S/C16H14N2O6S/c19-8-7-18-14(20)9-12(16(18)21)17-11-5-1-3-10-4-2-6-13(15(10)11)25(22,23)24/h1-6,9,17,19H,7-8H2,(H,22,23,24). The predicted molar refractivity (Wildman–Crippen MR) is 89.3 cm³/mol. The minimum absolute atomic E-state index is 0.0453. The Morgan fingerprint density at radius 2 is 1.76 bits per heavy atom. The lowest BCUT2D eigenvalue weighted by molar-refractivity contribution is -0.137. The molecular formula is C16H14N2O6S. The van der Waals surface area contributed by atoms with E-state index in [2.05, 4.69) is 5.32 Å². The second-order valence-corrected chi connectivity index (χ2v) is 6.73. The van der Waals surface area contributed by atoms with Gasteiger partial charge in [0, 0.05) is 17.1 Å². The van der Waals surface area contributed by atoms with Crippen LogP contribution < -0.4 is 5.32 Å². The first-order valence-corrected chi connectivity index (χ1v) is 8.71. The fraction of sp³-hybridized carbons (Fsp3) is 0.125. The average Bonchev–Trinajstić information content (AvgIpc) is 2.82. The van der Waals surface area contributed by atoms with Gasteiger partial charge in [-0.15, -0.1) is 0 Å². The Balaban J connectivity index is 2.08. The summed E-state index contributed by atoms with van der Waals surface area (Å²) in [7, 11) is -4.48.